The third-order valence-electron chi connectivity index (χ3n) is 2.33. The molecular weight excluding hydrogens is 202 g/mol. The first-order valence-corrected chi connectivity index (χ1v) is 5.30. The van der Waals surface area contributed by atoms with Crippen LogP contribution in [0.5, 0.6) is 5.75 Å². The number of carbonyl (C=O) groups excluding carboxylic acids is 1. The highest BCUT2D eigenvalue weighted by Crippen LogP contribution is 2.29. The number of anilines is 1. The molecule has 1 aromatic carbocycles. The molecule has 3 heteroatoms. The first-order valence-electron chi connectivity index (χ1n) is 5.30. The number of hydrogen-bond acceptors (Lipinski definition) is 2. The maximum absolute atomic E-state index is 11.0. The summed E-state index contributed by atoms with van der Waals surface area (Å²) in [6, 6.07) is 5.78. The first kappa shape index (κ1) is 12.6. The van der Waals surface area contributed by atoms with Crippen LogP contribution < -0.4 is 10.1 Å². The minimum absolute atomic E-state index is 0.0295. The van der Waals surface area contributed by atoms with Crippen LogP contribution in [0.25, 0.3) is 0 Å². The third kappa shape index (κ3) is 3.26. The lowest BCUT2D eigenvalue weighted by molar-refractivity contribution is -0.114. The molecule has 0 unspecified atom stereocenters. The topological polar surface area (TPSA) is 38.3 Å². The van der Waals surface area contributed by atoms with Crippen molar-refractivity contribution in [1.82, 2.24) is 0 Å². The van der Waals surface area contributed by atoms with Crippen LogP contribution in [-0.4, -0.2) is 13.0 Å². The van der Waals surface area contributed by atoms with Gasteiger partial charge in [-0.1, -0.05) is 20.8 Å². The van der Waals surface area contributed by atoms with Gasteiger partial charge in [0, 0.05) is 18.7 Å². The summed E-state index contributed by atoms with van der Waals surface area (Å²) in [6.07, 6.45) is 0. The van der Waals surface area contributed by atoms with Crippen molar-refractivity contribution in [2.24, 2.45) is 0 Å². The maximum atomic E-state index is 11.0. The number of benzene rings is 1. The van der Waals surface area contributed by atoms with E-state index in [0.29, 0.717) is 0 Å². The Morgan fingerprint density at radius 1 is 1.25 bits per heavy atom. The monoisotopic (exact) mass is 221 g/mol. The maximum Gasteiger partial charge on any atom is 0.221 e. The van der Waals surface area contributed by atoms with Crippen LogP contribution in [0.2, 0.25) is 0 Å². The van der Waals surface area contributed by atoms with Crippen molar-refractivity contribution in [2.45, 2.75) is 33.1 Å². The van der Waals surface area contributed by atoms with Gasteiger partial charge in [0.05, 0.1) is 7.11 Å². The highest BCUT2D eigenvalue weighted by molar-refractivity contribution is 5.89. The molecule has 1 N–H and O–H groups in total. The average Bonchev–Trinajstić information content (AvgIpc) is 2.14. The molecule has 0 aliphatic heterocycles. The fourth-order valence-electron chi connectivity index (χ4n) is 1.43. The average molecular weight is 221 g/mol. The molecule has 16 heavy (non-hydrogen) atoms. The standard InChI is InChI=1S/C13H19NO2/c1-9(15)14-11-6-10(13(2,3)4)7-12(8-11)16-5/h6-8H,1-5H3,(H,14,15). The van der Waals surface area contributed by atoms with Crippen LogP contribution in [0.1, 0.15) is 33.3 Å². The van der Waals surface area contributed by atoms with Gasteiger partial charge in [-0.15, -0.1) is 0 Å². The largest absolute Gasteiger partial charge is 0.497 e. The highest BCUT2D eigenvalue weighted by atomic mass is 16.5. The molecule has 0 saturated carbocycles. The molecule has 0 bridgehead atoms. The van der Waals surface area contributed by atoms with E-state index in [2.05, 4.69) is 26.1 Å². The zero-order valence-electron chi connectivity index (χ0n) is 10.5. The van der Waals surface area contributed by atoms with Crippen LogP contribution in [0.15, 0.2) is 18.2 Å². The van der Waals surface area contributed by atoms with Crippen molar-refractivity contribution in [3.8, 4) is 5.75 Å². The molecule has 1 amide bonds. The van der Waals surface area contributed by atoms with E-state index in [1.807, 2.05) is 18.2 Å². The summed E-state index contributed by atoms with van der Waals surface area (Å²) < 4.78 is 5.22. The molecular formula is C13H19NO2. The van der Waals surface area contributed by atoms with E-state index in [0.717, 1.165) is 17.0 Å². The van der Waals surface area contributed by atoms with Crippen molar-refractivity contribution in [2.75, 3.05) is 12.4 Å². The Hall–Kier alpha value is -1.51. The summed E-state index contributed by atoms with van der Waals surface area (Å²) in [5, 5.41) is 2.77. The molecule has 1 rings (SSSR count). The predicted molar refractivity (Wildman–Crippen MR) is 66.0 cm³/mol. The SMILES string of the molecule is COc1cc(NC(C)=O)cc(C(C)(C)C)c1. The smallest absolute Gasteiger partial charge is 0.221 e. The van der Waals surface area contributed by atoms with Crippen LogP contribution in [0.4, 0.5) is 5.69 Å². The highest BCUT2D eigenvalue weighted by Gasteiger charge is 2.15. The molecule has 0 spiro atoms. The van der Waals surface area contributed by atoms with E-state index < -0.39 is 0 Å². The second-order valence-electron chi connectivity index (χ2n) is 4.88. The molecule has 3 nitrogen and oxygen atoms in total. The zero-order chi connectivity index (χ0) is 12.3. The van der Waals surface area contributed by atoms with Crippen molar-refractivity contribution in [3.63, 3.8) is 0 Å². The van der Waals surface area contributed by atoms with E-state index in [1.165, 1.54) is 6.92 Å². The number of carbonyl (C=O) groups is 1. The normalized spacial score (nSPS) is 11.1. The van der Waals surface area contributed by atoms with Gasteiger partial charge in [-0.3, -0.25) is 4.79 Å². The Bertz CT molecular complexity index is 391. The molecule has 0 fully saturated rings. The van der Waals surface area contributed by atoms with Crippen LogP contribution >= 0.6 is 0 Å². The van der Waals surface area contributed by atoms with Crippen LogP contribution in [0.3, 0.4) is 0 Å². The fourth-order valence-corrected chi connectivity index (χ4v) is 1.43. The third-order valence-corrected chi connectivity index (χ3v) is 2.33. The number of rotatable bonds is 2. The summed E-state index contributed by atoms with van der Waals surface area (Å²) in [5.74, 6) is 0.685. The number of ether oxygens (including phenoxy) is 1. The Balaban J connectivity index is 3.16. The Morgan fingerprint density at radius 3 is 2.31 bits per heavy atom. The second kappa shape index (κ2) is 4.56. The van der Waals surface area contributed by atoms with E-state index in [4.69, 9.17) is 4.74 Å². The molecule has 0 radical (unpaired) electrons. The van der Waals surface area contributed by atoms with E-state index in [9.17, 15) is 4.79 Å². The predicted octanol–water partition coefficient (Wildman–Crippen LogP) is 2.95. The molecule has 88 valence electrons. The van der Waals surface area contributed by atoms with E-state index >= 15 is 0 Å². The van der Waals surface area contributed by atoms with Gasteiger partial charge >= 0.3 is 0 Å². The van der Waals surface area contributed by atoms with Gasteiger partial charge in [0.25, 0.3) is 0 Å². The van der Waals surface area contributed by atoms with Crippen LogP contribution in [-0.2, 0) is 10.2 Å². The van der Waals surface area contributed by atoms with Gasteiger partial charge in [-0.05, 0) is 23.1 Å². The number of amides is 1. The minimum atomic E-state index is -0.0758. The van der Waals surface area contributed by atoms with Crippen molar-refractivity contribution in [1.29, 1.82) is 0 Å². The van der Waals surface area contributed by atoms with Crippen molar-refractivity contribution in [3.05, 3.63) is 23.8 Å². The second-order valence-corrected chi connectivity index (χ2v) is 4.88. The molecule has 0 saturated heterocycles. The molecule has 0 aromatic heterocycles. The summed E-state index contributed by atoms with van der Waals surface area (Å²) >= 11 is 0. The number of nitrogens with one attached hydrogen (secondary N) is 1. The minimum Gasteiger partial charge on any atom is -0.497 e. The quantitative estimate of drug-likeness (QED) is 0.833. The summed E-state index contributed by atoms with van der Waals surface area (Å²) in [7, 11) is 1.62. The lowest BCUT2D eigenvalue weighted by Gasteiger charge is -2.21. The summed E-state index contributed by atoms with van der Waals surface area (Å²) in [4.78, 5) is 11.0. The van der Waals surface area contributed by atoms with E-state index in [-0.39, 0.29) is 11.3 Å². The van der Waals surface area contributed by atoms with Gasteiger partial charge in [0.1, 0.15) is 5.75 Å². The van der Waals surface area contributed by atoms with Crippen molar-refractivity contribution >= 4 is 11.6 Å². The summed E-state index contributed by atoms with van der Waals surface area (Å²) in [5.41, 5.74) is 1.94. The molecule has 0 atom stereocenters. The van der Waals surface area contributed by atoms with E-state index in [1.54, 1.807) is 7.11 Å². The molecule has 0 aliphatic carbocycles. The van der Waals surface area contributed by atoms with Gasteiger partial charge in [-0.2, -0.15) is 0 Å². The molecule has 0 aliphatic rings. The molecule has 0 heterocycles. The Labute approximate surface area is 96.8 Å². The lowest BCUT2D eigenvalue weighted by atomic mass is 9.86. The zero-order valence-corrected chi connectivity index (χ0v) is 10.5. The Kier molecular flexibility index (Phi) is 3.58. The van der Waals surface area contributed by atoms with Gasteiger partial charge in [-0.25, -0.2) is 0 Å². The number of hydrogen-bond donors (Lipinski definition) is 1. The molecule has 1 aromatic rings. The fraction of sp³-hybridized carbons (Fsp3) is 0.462. The first-order chi connectivity index (χ1) is 7.32. The number of methoxy groups -OCH3 is 1. The van der Waals surface area contributed by atoms with Crippen LogP contribution in [0, 0.1) is 0 Å². The van der Waals surface area contributed by atoms with Gasteiger partial charge in [0.15, 0.2) is 0 Å². The summed E-state index contributed by atoms with van der Waals surface area (Å²) in [6.45, 7) is 7.87. The van der Waals surface area contributed by atoms with Crippen molar-refractivity contribution < 1.29 is 9.53 Å². The Morgan fingerprint density at radius 2 is 1.88 bits per heavy atom. The lowest BCUT2D eigenvalue weighted by Crippen LogP contribution is -2.13. The van der Waals surface area contributed by atoms with Gasteiger partial charge < -0.3 is 10.1 Å². The van der Waals surface area contributed by atoms with Gasteiger partial charge in [0.2, 0.25) is 5.91 Å².